The average Bonchev–Trinajstić information content (AvgIpc) is 2.55. The number of aliphatic imine (C=N–C) groups is 2. The number of methoxy groups -OCH3 is 2. The van der Waals surface area contributed by atoms with Gasteiger partial charge in [-0.15, -0.1) is 0 Å². The van der Waals surface area contributed by atoms with Crippen LogP contribution in [0, 0.1) is 0 Å². The zero-order chi connectivity index (χ0) is 16.4. The zero-order valence-corrected chi connectivity index (χ0v) is 13.7. The minimum Gasteiger partial charge on any atom is -0.487 e. The van der Waals surface area contributed by atoms with E-state index in [0.717, 1.165) is 11.3 Å². The van der Waals surface area contributed by atoms with Gasteiger partial charge in [0.25, 0.3) is 0 Å². The monoisotopic (exact) mass is 308 g/mol. The van der Waals surface area contributed by atoms with Crippen molar-refractivity contribution in [3.63, 3.8) is 0 Å². The van der Waals surface area contributed by atoms with E-state index in [1.165, 1.54) is 0 Å². The highest BCUT2D eigenvalue weighted by atomic mass is 16.5. The van der Waals surface area contributed by atoms with Crippen LogP contribution in [0.25, 0.3) is 0 Å². The molecule has 0 aliphatic heterocycles. The van der Waals surface area contributed by atoms with Crippen molar-refractivity contribution < 1.29 is 18.9 Å². The molecule has 0 aliphatic carbocycles. The molecular formula is C16H24N2O4. The van der Waals surface area contributed by atoms with E-state index in [2.05, 4.69) is 16.7 Å². The lowest BCUT2D eigenvalue weighted by Gasteiger charge is -2.15. The van der Waals surface area contributed by atoms with E-state index in [9.17, 15) is 0 Å². The highest BCUT2D eigenvalue weighted by Gasteiger charge is 2.13. The van der Waals surface area contributed by atoms with E-state index in [-0.39, 0.29) is 0 Å². The summed E-state index contributed by atoms with van der Waals surface area (Å²) in [6.45, 7) is 7.36. The predicted molar refractivity (Wildman–Crippen MR) is 88.5 cm³/mol. The normalized spacial score (nSPS) is 11.4. The van der Waals surface area contributed by atoms with Gasteiger partial charge in [-0.3, -0.25) is 9.98 Å². The van der Waals surface area contributed by atoms with Crippen molar-refractivity contribution in [3.05, 3.63) is 17.7 Å². The molecule has 0 atom stereocenters. The molecule has 22 heavy (non-hydrogen) atoms. The first-order valence-electron chi connectivity index (χ1n) is 6.99. The van der Waals surface area contributed by atoms with Gasteiger partial charge in [0, 0.05) is 38.6 Å². The minimum absolute atomic E-state index is 0.425. The fourth-order valence-electron chi connectivity index (χ4n) is 1.79. The standard InChI is InChI=1S/C16H24N2O4/c1-12(17-2)13-10-15(21-8-6-19-4)16(11-14(13)18-3)22-9-7-20-5/h10-11H,3,6-9H2,1-2,4-5H3. The molecule has 0 unspecified atom stereocenters. The van der Waals surface area contributed by atoms with Gasteiger partial charge in [0.1, 0.15) is 13.2 Å². The Labute approximate surface area is 131 Å². The van der Waals surface area contributed by atoms with Crippen LogP contribution in [0.15, 0.2) is 22.1 Å². The van der Waals surface area contributed by atoms with Gasteiger partial charge < -0.3 is 18.9 Å². The molecule has 1 aromatic carbocycles. The van der Waals surface area contributed by atoms with E-state index >= 15 is 0 Å². The fourth-order valence-corrected chi connectivity index (χ4v) is 1.79. The van der Waals surface area contributed by atoms with Gasteiger partial charge in [-0.2, -0.15) is 0 Å². The molecule has 0 spiro atoms. The van der Waals surface area contributed by atoms with Gasteiger partial charge in [-0.25, -0.2) is 0 Å². The Morgan fingerprint density at radius 3 is 2.00 bits per heavy atom. The van der Waals surface area contributed by atoms with Gasteiger partial charge in [0.2, 0.25) is 0 Å². The highest BCUT2D eigenvalue weighted by molar-refractivity contribution is 6.03. The fraction of sp³-hybridized carbons (Fsp3) is 0.500. The van der Waals surface area contributed by atoms with E-state index in [1.54, 1.807) is 27.3 Å². The van der Waals surface area contributed by atoms with Crippen molar-refractivity contribution in [2.24, 2.45) is 9.98 Å². The Hall–Kier alpha value is -1.92. The lowest BCUT2D eigenvalue weighted by atomic mass is 10.1. The first kappa shape index (κ1) is 18.1. The van der Waals surface area contributed by atoms with E-state index < -0.39 is 0 Å². The third-order valence-electron chi connectivity index (χ3n) is 3.05. The largest absolute Gasteiger partial charge is 0.487 e. The first-order chi connectivity index (χ1) is 10.7. The zero-order valence-electron chi connectivity index (χ0n) is 13.7. The summed E-state index contributed by atoms with van der Waals surface area (Å²) in [4.78, 5) is 8.24. The second-order valence-corrected chi connectivity index (χ2v) is 4.47. The highest BCUT2D eigenvalue weighted by Crippen LogP contribution is 2.35. The number of benzene rings is 1. The Morgan fingerprint density at radius 1 is 1.00 bits per heavy atom. The van der Waals surface area contributed by atoms with Crippen LogP contribution in [0.1, 0.15) is 12.5 Å². The van der Waals surface area contributed by atoms with Crippen LogP contribution in [0.3, 0.4) is 0 Å². The van der Waals surface area contributed by atoms with Gasteiger partial charge >= 0.3 is 0 Å². The van der Waals surface area contributed by atoms with Crippen LogP contribution in [0.4, 0.5) is 5.69 Å². The van der Waals surface area contributed by atoms with Crippen LogP contribution >= 0.6 is 0 Å². The van der Waals surface area contributed by atoms with E-state index in [1.807, 2.05) is 13.0 Å². The van der Waals surface area contributed by atoms with Crippen LogP contribution in [-0.2, 0) is 9.47 Å². The van der Waals surface area contributed by atoms with Crippen molar-refractivity contribution >= 4 is 18.1 Å². The van der Waals surface area contributed by atoms with Crippen molar-refractivity contribution in [3.8, 4) is 11.5 Å². The smallest absolute Gasteiger partial charge is 0.163 e. The summed E-state index contributed by atoms with van der Waals surface area (Å²) in [7, 11) is 4.99. The predicted octanol–water partition coefficient (Wildman–Crippen LogP) is 2.51. The molecule has 6 heteroatoms. The summed E-state index contributed by atoms with van der Waals surface area (Å²) in [5.74, 6) is 1.22. The molecule has 0 amide bonds. The molecule has 0 N–H and O–H groups in total. The van der Waals surface area contributed by atoms with Gasteiger partial charge in [0.05, 0.1) is 18.9 Å². The van der Waals surface area contributed by atoms with Crippen molar-refractivity contribution in [1.29, 1.82) is 0 Å². The Bertz CT molecular complexity index is 515. The molecule has 0 radical (unpaired) electrons. The second kappa shape index (κ2) is 9.92. The molecule has 1 aromatic rings. The molecule has 0 bridgehead atoms. The molecule has 0 aliphatic rings. The molecule has 6 nitrogen and oxygen atoms in total. The number of rotatable bonds is 10. The lowest BCUT2D eigenvalue weighted by molar-refractivity contribution is 0.132. The van der Waals surface area contributed by atoms with E-state index in [0.29, 0.717) is 43.6 Å². The second-order valence-electron chi connectivity index (χ2n) is 4.47. The Morgan fingerprint density at radius 2 is 1.55 bits per heavy atom. The molecule has 0 aromatic heterocycles. The molecule has 1 rings (SSSR count). The van der Waals surface area contributed by atoms with Crippen LogP contribution < -0.4 is 9.47 Å². The summed E-state index contributed by atoms with van der Waals surface area (Å²) in [5.41, 5.74) is 2.42. The lowest BCUT2D eigenvalue weighted by Crippen LogP contribution is -2.09. The van der Waals surface area contributed by atoms with Crippen molar-refractivity contribution in [2.45, 2.75) is 6.92 Å². The summed E-state index contributed by atoms with van der Waals surface area (Å²) in [5, 5.41) is 0. The van der Waals surface area contributed by atoms with Crippen LogP contribution in [0.2, 0.25) is 0 Å². The number of hydrogen-bond donors (Lipinski definition) is 0. The topological polar surface area (TPSA) is 61.6 Å². The number of hydrogen-bond acceptors (Lipinski definition) is 6. The summed E-state index contributed by atoms with van der Waals surface area (Å²) in [6, 6.07) is 3.67. The maximum Gasteiger partial charge on any atom is 0.163 e. The van der Waals surface area contributed by atoms with Crippen LogP contribution in [0.5, 0.6) is 11.5 Å². The molecule has 0 saturated heterocycles. The summed E-state index contributed by atoms with van der Waals surface area (Å²) < 4.78 is 21.4. The molecule has 0 fully saturated rings. The maximum atomic E-state index is 5.74. The van der Waals surface area contributed by atoms with Crippen molar-refractivity contribution in [1.82, 2.24) is 0 Å². The SMILES string of the molecule is C=Nc1cc(OCCOC)c(OCCOC)cc1C(C)=NC. The first-order valence-corrected chi connectivity index (χ1v) is 6.99. The average molecular weight is 308 g/mol. The van der Waals surface area contributed by atoms with Crippen LogP contribution in [-0.4, -0.2) is 60.1 Å². The molecular weight excluding hydrogens is 284 g/mol. The molecule has 0 saturated carbocycles. The minimum atomic E-state index is 0.425. The van der Waals surface area contributed by atoms with Gasteiger partial charge in [-0.1, -0.05) is 0 Å². The number of nitrogens with zero attached hydrogens (tertiary/aromatic N) is 2. The van der Waals surface area contributed by atoms with Gasteiger partial charge in [0.15, 0.2) is 11.5 Å². The third-order valence-corrected chi connectivity index (χ3v) is 3.05. The number of ether oxygens (including phenoxy) is 4. The Kier molecular flexibility index (Phi) is 8.17. The molecule has 0 heterocycles. The summed E-state index contributed by atoms with van der Waals surface area (Å²) in [6.07, 6.45) is 0. The third kappa shape index (κ3) is 5.13. The quantitative estimate of drug-likeness (QED) is 0.492. The van der Waals surface area contributed by atoms with E-state index in [4.69, 9.17) is 18.9 Å². The van der Waals surface area contributed by atoms with Crippen molar-refractivity contribution in [2.75, 3.05) is 47.7 Å². The van der Waals surface area contributed by atoms with Gasteiger partial charge in [-0.05, 0) is 19.7 Å². The summed E-state index contributed by atoms with van der Waals surface area (Å²) >= 11 is 0. The Balaban J connectivity index is 3.12. The maximum absolute atomic E-state index is 5.74. The molecule has 122 valence electrons.